The summed E-state index contributed by atoms with van der Waals surface area (Å²) < 4.78 is 19.2. The van der Waals surface area contributed by atoms with Crippen molar-refractivity contribution in [2.75, 3.05) is 40.9 Å². The van der Waals surface area contributed by atoms with Crippen molar-refractivity contribution in [1.29, 1.82) is 0 Å². The molecule has 3 aliphatic heterocycles. The summed E-state index contributed by atoms with van der Waals surface area (Å²) in [6.45, 7) is 2.45. The standard InChI is InChI=1S/C40H42N6O9/c1-43(22-31-33(53-3)15-23(16-34(31)54-4)30-21-44(2)38(50)29-18-41-13-12-26(29)30)36(48)7-5-6-14-45-19-25(20-45)55-24-8-9-27-28(17-24)40(52)46(39(27)51)32-10-11-35(47)42-37(32)49/h8-9,12-13,15-18,21,25,32H,5-7,10-11,14,19-20,22H2,1-4H3,(H,42,47,49). The normalized spacial score (nSPS) is 17.2. The average molecular weight is 751 g/mol. The van der Waals surface area contributed by atoms with Gasteiger partial charge in [-0.15, -0.1) is 0 Å². The molecular formula is C40H42N6O9. The van der Waals surface area contributed by atoms with Crippen molar-refractivity contribution in [2.45, 2.75) is 50.8 Å². The molecule has 7 rings (SSSR count). The van der Waals surface area contributed by atoms with Crippen LogP contribution in [0.2, 0.25) is 0 Å². The Labute approximate surface area is 316 Å². The first-order valence-electron chi connectivity index (χ1n) is 18.1. The molecule has 286 valence electrons. The molecule has 0 spiro atoms. The predicted molar refractivity (Wildman–Crippen MR) is 200 cm³/mol. The molecule has 0 bridgehead atoms. The Bertz CT molecular complexity index is 2260. The highest BCUT2D eigenvalue weighted by Gasteiger charge is 2.45. The molecule has 55 heavy (non-hydrogen) atoms. The number of pyridine rings is 2. The molecule has 0 aliphatic carbocycles. The molecule has 1 unspecified atom stereocenters. The van der Waals surface area contributed by atoms with Crippen LogP contribution in [-0.2, 0) is 28.0 Å². The minimum absolute atomic E-state index is 0.00429. The third-order valence-corrected chi connectivity index (χ3v) is 10.5. The second kappa shape index (κ2) is 15.3. The number of amides is 5. The second-order valence-electron chi connectivity index (χ2n) is 14.1. The molecule has 1 atom stereocenters. The van der Waals surface area contributed by atoms with E-state index in [0.717, 1.165) is 39.9 Å². The lowest BCUT2D eigenvalue weighted by Gasteiger charge is -2.39. The van der Waals surface area contributed by atoms with Gasteiger partial charge in [0.05, 0.1) is 42.8 Å². The second-order valence-corrected chi connectivity index (χ2v) is 14.1. The predicted octanol–water partition coefficient (Wildman–Crippen LogP) is 2.91. The van der Waals surface area contributed by atoms with Crippen molar-refractivity contribution in [3.05, 3.63) is 82.0 Å². The van der Waals surface area contributed by atoms with Crippen molar-refractivity contribution in [3.63, 3.8) is 0 Å². The highest BCUT2D eigenvalue weighted by atomic mass is 16.5. The number of aryl methyl sites for hydroxylation is 1. The maximum absolute atomic E-state index is 13.2. The van der Waals surface area contributed by atoms with Crippen LogP contribution in [0.15, 0.2) is 59.8 Å². The van der Waals surface area contributed by atoms with E-state index in [1.54, 1.807) is 63.9 Å². The van der Waals surface area contributed by atoms with Crippen LogP contribution in [0.4, 0.5) is 0 Å². The van der Waals surface area contributed by atoms with Crippen LogP contribution >= 0.6 is 0 Å². The maximum atomic E-state index is 13.2. The third-order valence-electron chi connectivity index (χ3n) is 10.5. The molecule has 2 saturated heterocycles. The van der Waals surface area contributed by atoms with Crippen LogP contribution in [0.1, 0.15) is 58.4 Å². The third kappa shape index (κ3) is 7.26. The van der Waals surface area contributed by atoms with E-state index >= 15 is 0 Å². The molecular weight excluding hydrogens is 708 g/mol. The van der Waals surface area contributed by atoms with Crippen LogP contribution in [0.5, 0.6) is 17.2 Å². The van der Waals surface area contributed by atoms with Crippen LogP contribution < -0.4 is 25.1 Å². The monoisotopic (exact) mass is 750 g/mol. The van der Waals surface area contributed by atoms with E-state index in [0.29, 0.717) is 48.6 Å². The largest absolute Gasteiger partial charge is 0.496 e. The number of methoxy groups -OCH3 is 2. The van der Waals surface area contributed by atoms with Gasteiger partial charge in [0.2, 0.25) is 17.7 Å². The summed E-state index contributed by atoms with van der Waals surface area (Å²) in [6.07, 6.45) is 6.97. The van der Waals surface area contributed by atoms with E-state index in [1.807, 2.05) is 18.2 Å². The van der Waals surface area contributed by atoms with Crippen molar-refractivity contribution in [3.8, 4) is 28.4 Å². The number of likely N-dealkylation sites (tertiary alicyclic amines) is 1. The first-order chi connectivity index (χ1) is 26.5. The quantitative estimate of drug-likeness (QED) is 0.158. The lowest BCUT2D eigenvalue weighted by Crippen LogP contribution is -2.54. The number of aromatic nitrogens is 2. The molecule has 15 heteroatoms. The number of nitrogens with one attached hydrogen (secondary N) is 1. The number of hydrogen-bond acceptors (Lipinski definition) is 11. The summed E-state index contributed by atoms with van der Waals surface area (Å²) >= 11 is 0. The summed E-state index contributed by atoms with van der Waals surface area (Å²) in [5, 5.41) is 3.47. The zero-order valence-electron chi connectivity index (χ0n) is 31.1. The zero-order valence-corrected chi connectivity index (χ0v) is 31.1. The fraction of sp³-hybridized carbons (Fsp3) is 0.375. The van der Waals surface area contributed by atoms with Gasteiger partial charge in [0, 0.05) is 64.2 Å². The van der Waals surface area contributed by atoms with Gasteiger partial charge >= 0.3 is 0 Å². The molecule has 0 radical (unpaired) electrons. The van der Waals surface area contributed by atoms with Crippen LogP contribution in [-0.4, -0.2) is 107 Å². The molecule has 4 aromatic rings. The molecule has 2 aromatic heterocycles. The number of benzene rings is 2. The number of nitrogens with zero attached hydrogens (tertiary/aromatic N) is 5. The molecule has 2 aromatic carbocycles. The van der Waals surface area contributed by atoms with E-state index in [1.165, 1.54) is 10.6 Å². The van der Waals surface area contributed by atoms with Crippen molar-refractivity contribution in [1.82, 2.24) is 29.6 Å². The van der Waals surface area contributed by atoms with Crippen molar-refractivity contribution in [2.24, 2.45) is 7.05 Å². The van der Waals surface area contributed by atoms with E-state index in [9.17, 15) is 28.8 Å². The topological polar surface area (TPSA) is 170 Å². The van der Waals surface area contributed by atoms with Gasteiger partial charge in [0.15, 0.2) is 0 Å². The lowest BCUT2D eigenvalue weighted by atomic mass is 9.99. The summed E-state index contributed by atoms with van der Waals surface area (Å²) in [5.74, 6) is -0.613. The first-order valence-corrected chi connectivity index (χ1v) is 18.1. The molecule has 0 saturated carbocycles. The Morgan fingerprint density at radius 3 is 2.36 bits per heavy atom. The van der Waals surface area contributed by atoms with Crippen LogP contribution in [0.25, 0.3) is 21.9 Å². The molecule has 3 aliphatic rings. The number of imide groups is 2. The molecule has 5 heterocycles. The fourth-order valence-electron chi connectivity index (χ4n) is 7.46. The van der Waals surface area contributed by atoms with Crippen molar-refractivity contribution >= 4 is 40.3 Å². The number of hydrogen-bond donors (Lipinski definition) is 1. The highest BCUT2D eigenvalue weighted by molar-refractivity contribution is 6.23. The number of ether oxygens (including phenoxy) is 3. The van der Waals surface area contributed by atoms with E-state index < -0.39 is 29.7 Å². The zero-order chi connectivity index (χ0) is 39.0. The first kappa shape index (κ1) is 37.2. The van der Waals surface area contributed by atoms with E-state index in [-0.39, 0.29) is 48.1 Å². The van der Waals surface area contributed by atoms with Gasteiger partial charge in [-0.25, -0.2) is 0 Å². The van der Waals surface area contributed by atoms with Gasteiger partial charge < -0.3 is 23.7 Å². The van der Waals surface area contributed by atoms with Crippen molar-refractivity contribution < 1.29 is 38.2 Å². The SMILES string of the molecule is COc1cc(-c2cn(C)c(=O)c3cnccc23)cc(OC)c1CN(C)C(=O)CCCCN1CC(Oc2ccc3c(c2)C(=O)N(C2CCC(=O)NC2=O)C3=O)C1. The van der Waals surface area contributed by atoms with Crippen LogP contribution in [0, 0.1) is 0 Å². The van der Waals surface area contributed by atoms with E-state index in [2.05, 4.69) is 15.2 Å². The van der Waals surface area contributed by atoms with E-state index in [4.69, 9.17) is 14.2 Å². The molecule has 1 N–H and O–H groups in total. The maximum Gasteiger partial charge on any atom is 0.262 e. The summed E-state index contributed by atoms with van der Waals surface area (Å²) in [4.78, 5) is 84.9. The fourth-order valence-corrected chi connectivity index (χ4v) is 7.46. The van der Waals surface area contributed by atoms with Gasteiger partial charge in [0.25, 0.3) is 17.4 Å². The lowest BCUT2D eigenvalue weighted by molar-refractivity contribution is -0.136. The van der Waals surface area contributed by atoms with Gasteiger partial charge in [-0.3, -0.25) is 48.9 Å². The Kier molecular flexibility index (Phi) is 10.4. The minimum Gasteiger partial charge on any atom is -0.496 e. The Balaban J connectivity index is 0.885. The number of unbranched alkanes of at least 4 members (excludes halogenated alkanes) is 1. The molecule has 2 fully saturated rings. The Hall–Kier alpha value is -6.09. The minimum atomic E-state index is -1.02. The highest BCUT2D eigenvalue weighted by Crippen LogP contribution is 2.38. The molecule has 15 nitrogen and oxygen atoms in total. The summed E-state index contributed by atoms with van der Waals surface area (Å²) in [7, 11) is 6.61. The van der Waals surface area contributed by atoms with Gasteiger partial charge in [-0.05, 0) is 73.2 Å². The van der Waals surface area contributed by atoms with Crippen LogP contribution in [0.3, 0.4) is 0 Å². The molecule has 5 amide bonds. The van der Waals surface area contributed by atoms with Gasteiger partial charge in [0.1, 0.15) is 29.4 Å². The number of rotatable bonds is 13. The smallest absolute Gasteiger partial charge is 0.262 e. The number of carbonyl (C=O) groups is 5. The number of piperidine rings is 1. The number of carbonyl (C=O) groups excluding carboxylic acids is 5. The Morgan fingerprint density at radius 1 is 0.927 bits per heavy atom. The number of fused-ring (bicyclic) bond motifs is 2. The Morgan fingerprint density at radius 2 is 1.65 bits per heavy atom. The summed E-state index contributed by atoms with van der Waals surface area (Å²) in [6, 6.07) is 9.30. The van der Waals surface area contributed by atoms with Gasteiger partial charge in [-0.2, -0.15) is 0 Å². The average Bonchev–Trinajstić information content (AvgIpc) is 3.41. The van der Waals surface area contributed by atoms with Gasteiger partial charge in [-0.1, -0.05) is 0 Å². The summed E-state index contributed by atoms with van der Waals surface area (Å²) in [5.41, 5.74) is 2.61.